The van der Waals surface area contributed by atoms with E-state index >= 15 is 0 Å². The van der Waals surface area contributed by atoms with Gasteiger partial charge in [0.05, 0.1) is 5.92 Å². The fourth-order valence-electron chi connectivity index (χ4n) is 4.34. The molecule has 1 N–H and O–H groups in total. The van der Waals surface area contributed by atoms with Crippen molar-refractivity contribution in [2.24, 2.45) is 11.3 Å². The minimum absolute atomic E-state index is 0.117. The fraction of sp³-hybridized carbons (Fsp3) is 0.364. The predicted molar refractivity (Wildman–Crippen MR) is 108 cm³/mol. The number of anilines is 1. The molecule has 29 heavy (non-hydrogen) atoms. The van der Waals surface area contributed by atoms with Gasteiger partial charge in [0.25, 0.3) is 5.91 Å². The van der Waals surface area contributed by atoms with Gasteiger partial charge in [-0.3, -0.25) is 9.59 Å². The lowest BCUT2D eigenvalue weighted by atomic mass is 9.71. The third-order valence-corrected chi connectivity index (χ3v) is 6.18. The Balaban J connectivity index is 1.56. The van der Waals surface area contributed by atoms with Crippen LogP contribution in [0.5, 0.6) is 0 Å². The van der Waals surface area contributed by atoms with E-state index in [2.05, 4.69) is 5.32 Å². The molecule has 0 aromatic heterocycles. The molecule has 0 bridgehead atoms. The van der Waals surface area contributed by atoms with Crippen LogP contribution in [0.15, 0.2) is 48.5 Å². The molecule has 2 saturated heterocycles. The first-order valence-electron chi connectivity index (χ1n) is 9.66. The van der Waals surface area contributed by atoms with Crippen LogP contribution in [0.3, 0.4) is 0 Å². The van der Waals surface area contributed by atoms with Crippen molar-refractivity contribution in [1.82, 2.24) is 4.90 Å². The summed E-state index contributed by atoms with van der Waals surface area (Å²) >= 11 is 5.93. The second-order valence-corrected chi connectivity index (χ2v) is 8.16. The van der Waals surface area contributed by atoms with E-state index in [0.29, 0.717) is 55.4 Å². The van der Waals surface area contributed by atoms with E-state index in [9.17, 15) is 14.0 Å². The van der Waals surface area contributed by atoms with Crippen molar-refractivity contribution in [2.45, 2.75) is 12.8 Å². The van der Waals surface area contributed by atoms with Crippen molar-refractivity contribution in [3.63, 3.8) is 0 Å². The monoisotopic (exact) mass is 416 g/mol. The number of halogens is 2. The summed E-state index contributed by atoms with van der Waals surface area (Å²) in [6.45, 7) is 1.95. The van der Waals surface area contributed by atoms with E-state index in [0.717, 1.165) is 0 Å². The van der Waals surface area contributed by atoms with Gasteiger partial charge in [-0.15, -0.1) is 0 Å². The molecule has 0 saturated carbocycles. The number of carbonyl (C=O) groups excluding carboxylic acids is 2. The van der Waals surface area contributed by atoms with Gasteiger partial charge in [0.1, 0.15) is 5.82 Å². The Morgan fingerprint density at radius 1 is 1.14 bits per heavy atom. The predicted octanol–water partition coefficient (Wildman–Crippen LogP) is 3.99. The van der Waals surface area contributed by atoms with Crippen molar-refractivity contribution in [3.8, 4) is 0 Å². The van der Waals surface area contributed by atoms with Crippen LogP contribution < -0.4 is 5.32 Å². The number of amides is 2. The quantitative estimate of drug-likeness (QED) is 0.823. The average molecular weight is 417 g/mol. The molecule has 1 spiro atoms. The zero-order valence-corrected chi connectivity index (χ0v) is 16.6. The molecule has 2 heterocycles. The standard InChI is InChI=1S/C22H22ClFN2O3/c23-16-6-4-15(5-7-16)21(28)26-13-19(22(14-26)8-10-29-11-9-22)20(27)25-18-3-1-2-17(24)12-18/h1-7,12,19H,8-11,13-14H2,(H,25,27)/t19-/m0/s1. The van der Waals surface area contributed by atoms with Gasteiger partial charge in [0.2, 0.25) is 5.91 Å². The summed E-state index contributed by atoms with van der Waals surface area (Å²) in [5.41, 5.74) is 0.625. The van der Waals surface area contributed by atoms with E-state index in [1.807, 2.05) is 0 Å². The minimum Gasteiger partial charge on any atom is -0.381 e. The first kappa shape index (κ1) is 19.9. The Hall–Kier alpha value is -2.44. The van der Waals surface area contributed by atoms with Crippen molar-refractivity contribution in [1.29, 1.82) is 0 Å². The number of benzene rings is 2. The second kappa shape index (κ2) is 8.13. The smallest absolute Gasteiger partial charge is 0.253 e. The first-order valence-corrected chi connectivity index (χ1v) is 10.0. The number of carbonyl (C=O) groups is 2. The van der Waals surface area contributed by atoms with Crippen LogP contribution in [0.1, 0.15) is 23.2 Å². The molecule has 0 unspecified atom stereocenters. The third kappa shape index (κ3) is 4.14. The van der Waals surface area contributed by atoms with Gasteiger partial charge in [-0.05, 0) is 55.3 Å². The van der Waals surface area contributed by atoms with Crippen molar-refractivity contribution in [3.05, 3.63) is 64.9 Å². The number of hydrogen-bond acceptors (Lipinski definition) is 3. The van der Waals surface area contributed by atoms with Crippen LogP contribution in [0, 0.1) is 17.2 Å². The molecule has 2 aliphatic rings. The average Bonchev–Trinajstić information content (AvgIpc) is 3.07. The van der Waals surface area contributed by atoms with Crippen molar-refractivity contribution < 1.29 is 18.7 Å². The molecule has 0 radical (unpaired) electrons. The Bertz CT molecular complexity index is 913. The Labute approximate surface area is 173 Å². The van der Waals surface area contributed by atoms with Gasteiger partial charge in [-0.25, -0.2) is 4.39 Å². The first-order chi connectivity index (χ1) is 14.0. The molecule has 2 aliphatic heterocycles. The number of hydrogen-bond donors (Lipinski definition) is 1. The number of nitrogens with zero attached hydrogens (tertiary/aromatic N) is 1. The summed E-state index contributed by atoms with van der Waals surface area (Å²) in [6, 6.07) is 12.6. The van der Waals surface area contributed by atoms with E-state index < -0.39 is 5.82 Å². The zero-order chi connectivity index (χ0) is 20.4. The largest absolute Gasteiger partial charge is 0.381 e. The molecule has 4 rings (SSSR count). The Kier molecular flexibility index (Phi) is 5.56. The molecule has 152 valence electrons. The van der Waals surface area contributed by atoms with Gasteiger partial charge in [-0.1, -0.05) is 17.7 Å². The lowest BCUT2D eigenvalue weighted by molar-refractivity contribution is -0.124. The topological polar surface area (TPSA) is 58.6 Å². The van der Waals surface area contributed by atoms with Gasteiger partial charge in [0, 0.05) is 48.0 Å². The van der Waals surface area contributed by atoms with Gasteiger partial charge in [-0.2, -0.15) is 0 Å². The molecule has 0 aliphatic carbocycles. The molecule has 2 aromatic carbocycles. The molecule has 2 aromatic rings. The van der Waals surface area contributed by atoms with Crippen LogP contribution in [-0.2, 0) is 9.53 Å². The van der Waals surface area contributed by atoms with Crippen LogP contribution in [-0.4, -0.2) is 43.0 Å². The molecule has 1 atom stereocenters. The molecular weight excluding hydrogens is 395 g/mol. The summed E-state index contributed by atoms with van der Waals surface area (Å²) in [5, 5.41) is 3.39. The van der Waals surface area contributed by atoms with Crippen LogP contribution >= 0.6 is 11.6 Å². The maximum atomic E-state index is 13.5. The minimum atomic E-state index is -0.408. The summed E-state index contributed by atoms with van der Waals surface area (Å²) in [6.07, 6.45) is 1.41. The summed E-state index contributed by atoms with van der Waals surface area (Å²) in [5.74, 6) is -1.10. The summed E-state index contributed by atoms with van der Waals surface area (Å²) in [4.78, 5) is 27.9. The molecule has 2 amide bonds. The van der Waals surface area contributed by atoms with E-state index in [1.165, 1.54) is 12.1 Å². The molecule has 2 fully saturated rings. The molecular formula is C22H22ClFN2O3. The van der Waals surface area contributed by atoms with Crippen molar-refractivity contribution >= 4 is 29.1 Å². The SMILES string of the molecule is O=C(Nc1cccc(F)c1)[C@@H]1CN(C(=O)c2ccc(Cl)cc2)CC12CCOCC2. The highest BCUT2D eigenvalue weighted by Gasteiger charge is 2.51. The highest BCUT2D eigenvalue weighted by atomic mass is 35.5. The fourth-order valence-corrected chi connectivity index (χ4v) is 4.47. The normalized spacial score (nSPS) is 20.6. The molecule has 5 nitrogen and oxygen atoms in total. The van der Waals surface area contributed by atoms with Gasteiger partial charge >= 0.3 is 0 Å². The summed E-state index contributed by atoms with van der Waals surface area (Å²) < 4.78 is 19.0. The third-order valence-electron chi connectivity index (χ3n) is 5.92. The van der Waals surface area contributed by atoms with Gasteiger partial charge < -0.3 is 15.0 Å². The Morgan fingerprint density at radius 2 is 1.86 bits per heavy atom. The molecule has 7 heteroatoms. The van der Waals surface area contributed by atoms with Gasteiger partial charge in [0.15, 0.2) is 0 Å². The number of ether oxygens (including phenoxy) is 1. The highest BCUT2D eigenvalue weighted by Crippen LogP contribution is 2.45. The number of likely N-dealkylation sites (tertiary alicyclic amines) is 1. The number of nitrogens with one attached hydrogen (secondary N) is 1. The lowest BCUT2D eigenvalue weighted by Crippen LogP contribution is -2.42. The van der Waals surface area contributed by atoms with E-state index in [4.69, 9.17) is 16.3 Å². The Morgan fingerprint density at radius 3 is 2.55 bits per heavy atom. The van der Waals surface area contributed by atoms with Crippen LogP contribution in [0.2, 0.25) is 5.02 Å². The van der Waals surface area contributed by atoms with Crippen LogP contribution in [0.25, 0.3) is 0 Å². The zero-order valence-electron chi connectivity index (χ0n) is 15.9. The number of rotatable bonds is 3. The van der Waals surface area contributed by atoms with Crippen molar-refractivity contribution in [2.75, 3.05) is 31.6 Å². The van der Waals surface area contributed by atoms with E-state index in [-0.39, 0.29) is 23.1 Å². The second-order valence-electron chi connectivity index (χ2n) is 7.72. The summed E-state index contributed by atoms with van der Waals surface area (Å²) in [7, 11) is 0. The van der Waals surface area contributed by atoms with Crippen LogP contribution in [0.4, 0.5) is 10.1 Å². The maximum Gasteiger partial charge on any atom is 0.253 e. The highest BCUT2D eigenvalue weighted by molar-refractivity contribution is 6.30. The maximum absolute atomic E-state index is 13.5. The lowest BCUT2D eigenvalue weighted by Gasteiger charge is -2.37. The van der Waals surface area contributed by atoms with E-state index in [1.54, 1.807) is 41.3 Å².